The van der Waals surface area contributed by atoms with Crippen LogP contribution in [0.5, 0.6) is 0 Å². The Balaban J connectivity index is 2.01. The van der Waals surface area contributed by atoms with E-state index in [0.29, 0.717) is 17.9 Å². The van der Waals surface area contributed by atoms with Gasteiger partial charge < -0.3 is 14.4 Å². The fourth-order valence-corrected chi connectivity index (χ4v) is 2.06. The minimum absolute atomic E-state index is 0.0490. The van der Waals surface area contributed by atoms with Crippen molar-refractivity contribution < 1.29 is 19.1 Å². The summed E-state index contributed by atoms with van der Waals surface area (Å²) in [4.78, 5) is 24.6. The molecular formula is C16H17NO4. The Kier molecular flexibility index (Phi) is 4.42. The van der Waals surface area contributed by atoms with Crippen molar-refractivity contribution in [2.45, 2.75) is 19.9 Å². The molecule has 2 aromatic rings. The number of nitrogens with zero attached hydrogens (tertiary/aromatic N) is 1. The van der Waals surface area contributed by atoms with Crippen LogP contribution >= 0.6 is 0 Å². The lowest BCUT2D eigenvalue weighted by molar-refractivity contribution is -0.129. The molecule has 1 aromatic heterocycles. The highest BCUT2D eigenvalue weighted by Gasteiger charge is 2.17. The summed E-state index contributed by atoms with van der Waals surface area (Å²) in [5, 5.41) is 8.98. The molecule has 0 aliphatic heterocycles. The van der Waals surface area contributed by atoms with Crippen molar-refractivity contribution in [3.63, 3.8) is 0 Å². The van der Waals surface area contributed by atoms with Gasteiger partial charge in [0.05, 0.1) is 13.0 Å². The Morgan fingerprint density at radius 1 is 1.24 bits per heavy atom. The molecule has 0 aliphatic rings. The Hall–Kier alpha value is -2.56. The highest BCUT2D eigenvalue weighted by atomic mass is 16.4. The van der Waals surface area contributed by atoms with E-state index in [9.17, 15) is 9.59 Å². The lowest BCUT2D eigenvalue weighted by atomic mass is 10.1. The van der Waals surface area contributed by atoms with Gasteiger partial charge in [0.25, 0.3) is 0 Å². The van der Waals surface area contributed by atoms with Crippen LogP contribution in [-0.2, 0) is 17.8 Å². The average Bonchev–Trinajstić information content (AvgIpc) is 2.80. The van der Waals surface area contributed by atoms with Crippen LogP contribution in [0.25, 0.3) is 0 Å². The number of likely N-dealkylation sites (N-methyl/N-ethyl adjacent to an activating group) is 1. The molecule has 5 heteroatoms. The summed E-state index contributed by atoms with van der Waals surface area (Å²) in [5.41, 5.74) is 1.07. The molecule has 0 bridgehead atoms. The van der Waals surface area contributed by atoms with E-state index in [-0.39, 0.29) is 18.0 Å². The minimum atomic E-state index is -1.03. The lowest BCUT2D eigenvalue weighted by Crippen LogP contribution is -2.27. The van der Waals surface area contributed by atoms with Crippen molar-refractivity contribution in [3.8, 4) is 0 Å². The summed E-state index contributed by atoms with van der Waals surface area (Å²) in [6, 6.07) is 10.9. The number of hydrogen-bond donors (Lipinski definition) is 1. The number of carbonyl (C=O) groups is 2. The number of carboxylic acid groups (broad SMARTS) is 1. The zero-order valence-electron chi connectivity index (χ0n) is 12.0. The third-order valence-electron chi connectivity index (χ3n) is 3.22. The van der Waals surface area contributed by atoms with Crippen molar-refractivity contribution in [2.24, 2.45) is 0 Å². The number of amides is 1. The van der Waals surface area contributed by atoms with Crippen molar-refractivity contribution in [1.29, 1.82) is 0 Å². The maximum Gasteiger partial charge on any atom is 0.339 e. The second-order valence-electron chi connectivity index (χ2n) is 4.90. The molecule has 21 heavy (non-hydrogen) atoms. The molecule has 110 valence electrons. The first kappa shape index (κ1) is 14.8. The summed E-state index contributed by atoms with van der Waals surface area (Å²) in [5.74, 6) is -0.261. The maximum absolute atomic E-state index is 12.1. The van der Waals surface area contributed by atoms with E-state index >= 15 is 0 Å². The number of carboxylic acids is 1. The standard InChI is InChI=1S/C16H17NO4/c1-11-14(16(19)20)9-13(21-11)10-17(2)15(18)8-12-6-4-3-5-7-12/h3-7,9H,8,10H2,1-2H3,(H,19,20). The Morgan fingerprint density at radius 2 is 1.90 bits per heavy atom. The minimum Gasteiger partial charge on any atom is -0.478 e. The average molecular weight is 287 g/mol. The van der Waals surface area contributed by atoms with E-state index in [1.165, 1.54) is 11.0 Å². The van der Waals surface area contributed by atoms with Gasteiger partial charge in [0.15, 0.2) is 0 Å². The van der Waals surface area contributed by atoms with Crippen LogP contribution in [0.15, 0.2) is 40.8 Å². The van der Waals surface area contributed by atoms with Crippen molar-refractivity contribution >= 4 is 11.9 Å². The summed E-state index contributed by atoms with van der Waals surface area (Å²) >= 11 is 0. The summed E-state index contributed by atoms with van der Waals surface area (Å²) in [6.07, 6.45) is 0.308. The molecule has 5 nitrogen and oxygen atoms in total. The fraction of sp³-hybridized carbons (Fsp3) is 0.250. The highest BCUT2D eigenvalue weighted by Crippen LogP contribution is 2.16. The Morgan fingerprint density at radius 3 is 2.48 bits per heavy atom. The van der Waals surface area contributed by atoms with E-state index < -0.39 is 5.97 Å². The number of aryl methyl sites for hydroxylation is 1. The number of furan rings is 1. The van der Waals surface area contributed by atoms with Gasteiger partial charge in [-0.1, -0.05) is 30.3 Å². The monoisotopic (exact) mass is 287 g/mol. The molecule has 1 aromatic carbocycles. The first-order chi connectivity index (χ1) is 9.97. The number of aromatic carboxylic acids is 1. The van der Waals surface area contributed by atoms with Crippen molar-refractivity contribution in [1.82, 2.24) is 4.90 Å². The number of benzene rings is 1. The maximum atomic E-state index is 12.1. The molecule has 0 spiro atoms. The molecule has 0 saturated carbocycles. The molecule has 0 aliphatic carbocycles. The topological polar surface area (TPSA) is 70.8 Å². The third kappa shape index (κ3) is 3.72. The van der Waals surface area contributed by atoms with Gasteiger partial charge in [-0.05, 0) is 18.6 Å². The van der Waals surface area contributed by atoms with Crippen LogP contribution < -0.4 is 0 Å². The van der Waals surface area contributed by atoms with Gasteiger partial charge in [0, 0.05) is 7.05 Å². The fourth-order valence-electron chi connectivity index (χ4n) is 2.06. The van der Waals surface area contributed by atoms with Crippen LogP contribution in [0.1, 0.15) is 27.4 Å². The van der Waals surface area contributed by atoms with Crippen LogP contribution in [0, 0.1) is 6.92 Å². The first-order valence-electron chi connectivity index (χ1n) is 6.58. The van der Waals surface area contributed by atoms with Gasteiger partial charge in [-0.25, -0.2) is 4.79 Å². The molecule has 0 fully saturated rings. The zero-order chi connectivity index (χ0) is 15.4. The molecule has 2 rings (SSSR count). The van der Waals surface area contributed by atoms with Crippen LogP contribution in [0.3, 0.4) is 0 Å². The van der Waals surface area contributed by atoms with Gasteiger partial charge >= 0.3 is 5.97 Å². The van der Waals surface area contributed by atoms with Gasteiger partial charge in [-0.3, -0.25) is 4.79 Å². The normalized spacial score (nSPS) is 10.4. The third-order valence-corrected chi connectivity index (χ3v) is 3.22. The largest absolute Gasteiger partial charge is 0.478 e. The molecule has 0 unspecified atom stereocenters. The number of carbonyl (C=O) groups excluding carboxylic acids is 1. The van der Waals surface area contributed by atoms with Gasteiger partial charge in [-0.2, -0.15) is 0 Å². The second kappa shape index (κ2) is 6.26. The predicted molar refractivity (Wildman–Crippen MR) is 77.0 cm³/mol. The summed E-state index contributed by atoms with van der Waals surface area (Å²) in [6.45, 7) is 1.85. The molecule has 0 atom stereocenters. The van der Waals surface area contributed by atoms with E-state index in [1.54, 1.807) is 14.0 Å². The Bertz CT molecular complexity index is 646. The lowest BCUT2D eigenvalue weighted by Gasteiger charge is -2.15. The quantitative estimate of drug-likeness (QED) is 0.917. The molecule has 1 N–H and O–H groups in total. The molecule has 0 radical (unpaired) electrons. The van der Waals surface area contributed by atoms with Crippen molar-refractivity contribution in [2.75, 3.05) is 7.05 Å². The second-order valence-corrected chi connectivity index (χ2v) is 4.90. The van der Waals surface area contributed by atoms with E-state index in [1.807, 2.05) is 30.3 Å². The summed E-state index contributed by atoms with van der Waals surface area (Å²) < 4.78 is 5.37. The molecule has 0 saturated heterocycles. The number of rotatable bonds is 5. The van der Waals surface area contributed by atoms with Crippen molar-refractivity contribution in [3.05, 3.63) is 59.0 Å². The van der Waals surface area contributed by atoms with Crippen LogP contribution in [-0.4, -0.2) is 28.9 Å². The highest BCUT2D eigenvalue weighted by molar-refractivity contribution is 5.88. The molecule has 1 amide bonds. The van der Waals surface area contributed by atoms with Gasteiger partial charge in [-0.15, -0.1) is 0 Å². The Labute approximate surface area is 122 Å². The van der Waals surface area contributed by atoms with E-state index in [4.69, 9.17) is 9.52 Å². The molecule has 1 heterocycles. The SMILES string of the molecule is Cc1oc(CN(C)C(=O)Cc2ccccc2)cc1C(=O)O. The van der Waals surface area contributed by atoms with E-state index in [0.717, 1.165) is 5.56 Å². The number of hydrogen-bond acceptors (Lipinski definition) is 3. The first-order valence-corrected chi connectivity index (χ1v) is 6.58. The zero-order valence-corrected chi connectivity index (χ0v) is 12.0. The molecular weight excluding hydrogens is 270 g/mol. The van der Waals surface area contributed by atoms with Gasteiger partial charge in [0.2, 0.25) is 5.91 Å². The van der Waals surface area contributed by atoms with E-state index in [2.05, 4.69) is 0 Å². The predicted octanol–water partition coefficient (Wildman–Crippen LogP) is 2.49. The smallest absolute Gasteiger partial charge is 0.339 e. The van der Waals surface area contributed by atoms with Gasteiger partial charge in [0.1, 0.15) is 17.1 Å². The summed E-state index contributed by atoms with van der Waals surface area (Å²) in [7, 11) is 1.67. The van der Waals surface area contributed by atoms with Crippen LogP contribution in [0.2, 0.25) is 0 Å². The van der Waals surface area contributed by atoms with Crippen LogP contribution in [0.4, 0.5) is 0 Å².